The Morgan fingerprint density at radius 1 is 0.746 bits per heavy atom. The van der Waals surface area contributed by atoms with Gasteiger partial charge in [0.2, 0.25) is 5.91 Å². The molecule has 7 rings (SSSR count). The average molecular weight is 996 g/mol. The third kappa shape index (κ3) is 16.0. The molecule has 4 aromatic heterocycles. The van der Waals surface area contributed by atoms with Gasteiger partial charge in [-0.15, -0.1) is 0 Å². The molecule has 0 saturated carbocycles. The maximum absolute atomic E-state index is 12.9. The number of anilines is 2. The molecule has 1 fully saturated rings. The van der Waals surface area contributed by atoms with Gasteiger partial charge in [-0.3, -0.25) is 46.0 Å². The van der Waals surface area contributed by atoms with Gasteiger partial charge in [0.25, 0.3) is 11.8 Å². The van der Waals surface area contributed by atoms with Crippen LogP contribution in [0.4, 0.5) is 11.6 Å². The normalized spacial score (nSPS) is 14.3. The molecule has 7 heterocycles. The third-order valence-electron chi connectivity index (χ3n) is 11.3. The van der Waals surface area contributed by atoms with Crippen molar-refractivity contribution in [2.75, 3.05) is 64.2 Å². The lowest BCUT2D eigenvalue weighted by atomic mass is 10.0. The smallest absolute Gasteiger partial charge is 0.275 e. The van der Waals surface area contributed by atoms with Gasteiger partial charge in [0, 0.05) is 84.1 Å². The molecule has 3 amide bonds. The molecular formula is C49H69N15O6S. The lowest BCUT2D eigenvalue weighted by Gasteiger charge is -2.30. The summed E-state index contributed by atoms with van der Waals surface area (Å²) in [6, 6.07) is 13.0. The van der Waals surface area contributed by atoms with Crippen LogP contribution in [-0.4, -0.2) is 161 Å². The molecule has 0 bridgehead atoms. The van der Waals surface area contributed by atoms with Crippen LogP contribution in [0, 0.1) is 21.6 Å². The van der Waals surface area contributed by atoms with Gasteiger partial charge in [-0.25, -0.2) is 18.6 Å². The number of fused-ring (bicyclic) bond motifs is 2. The van der Waals surface area contributed by atoms with Gasteiger partial charge >= 0.3 is 0 Å². The lowest BCUT2D eigenvalue weighted by Crippen LogP contribution is -2.39. The zero-order valence-corrected chi connectivity index (χ0v) is 42.6. The van der Waals surface area contributed by atoms with Crippen molar-refractivity contribution in [1.82, 2.24) is 43.2 Å². The minimum absolute atomic E-state index is 0.00765. The number of methoxy groups -OCH3 is 1. The molecule has 1 atom stereocenters. The van der Waals surface area contributed by atoms with Crippen LogP contribution < -0.4 is 10.6 Å². The number of pyridine rings is 4. The third-order valence-corrected chi connectivity index (χ3v) is 12.5. The van der Waals surface area contributed by atoms with Gasteiger partial charge in [0.15, 0.2) is 11.7 Å². The second kappa shape index (κ2) is 28.9. The average Bonchev–Trinajstić information content (AvgIpc) is 3.92. The summed E-state index contributed by atoms with van der Waals surface area (Å²) in [6.45, 7) is 14.7. The number of amidine groups is 2. The van der Waals surface area contributed by atoms with E-state index in [1.807, 2.05) is 52.1 Å². The second-order valence-corrected chi connectivity index (χ2v) is 17.6. The van der Waals surface area contributed by atoms with Crippen LogP contribution in [0.25, 0.3) is 0 Å². The van der Waals surface area contributed by atoms with Crippen LogP contribution >= 0.6 is 12.1 Å². The van der Waals surface area contributed by atoms with Gasteiger partial charge in [0.1, 0.15) is 34.4 Å². The van der Waals surface area contributed by atoms with Gasteiger partial charge in [-0.1, -0.05) is 26.0 Å². The summed E-state index contributed by atoms with van der Waals surface area (Å²) in [4.78, 5) is 60.0. The van der Waals surface area contributed by atoms with E-state index in [2.05, 4.69) is 39.2 Å². The molecule has 21 nitrogen and oxygen atoms in total. The Hall–Kier alpha value is -6.56. The van der Waals surface area contributed by atoms with Crippen LogP contribution in [-0.2, 0) is 35.5 Å². The molecule has 0 radical (unpaired) electrons. The van der Waals surface area contributed by atoms with Crippen LogP contribution in [0.2, 0.25) is 0 Å². The first-order chi connectivity index (χ1) is 34.3. The molecular weight excluding hydrogens is 927 g/mol. The van der Waals surface area contributed by atoms with Crippen molar-refractivity contribution >= 4 is 65.8 Å². The van der Waals surface area contributed by atoms with Crippen LogP contribution in [0.15, 0.2) is 60.9 Å². The minimum atomic E-state index is -0.467. The first-order valence-electron chi connectivity index (χ1n) is 23.6. The van der Waals surface area contributed by atoms with Crippen LogP contribution in [0.3, 0.4) is 0 Å². The van der Waals surface area contributed by atoms with Gasteiger partial charge < -0.3 is 40.3 Å². The van der Waals surface area contributed by atoms with Crippen LogP contribution in [0.5, 0.6) is 0 Å². The Bertz CT molecular complexity index is 2450. The van der Waals surface area contributed by atoms with Crippen molar-refractivity contribution in [2.45, 2.75) is 91.9 Å². The minimum Gasteiger partial charge on any atom is -0.400 e. The highest BCUT2D eigenvalue weighted by Crippen LogP contribution is 2.29. The summed E-state index contributed by atoms with van der Waals surface area (Å²) in [5.41, 5.74) is 5.39. The highest BCUT2D eigenvalue weighted by molar-refractivity contribution is 7.94. The summed E-state index contributed by atoms with van der Waals surface area (Å²) in [7, 11) is 2.56. The summed E-state index contributed by atoms with van der Waals surface area (Å²) in [5.74, 6) is -0.170. The Labute approximate surface area is 420 Å². The van der Waals surface area contributed by atoms with E-state index >= 15 is 0 Å². The molecule has 0 spiro atoms. The molecule has 22 heteroatoms. The number of carbonyl (C=O) groups excluding carboxylic acids is 3. The van der Waals surface area contributed by atoms with E-state index in [4.69, 9.17) is 31.5 Å². The largest absolute Gasteiger partial charge is 0.400 e. The molecule has 0 aliphatic carbocycles. The van der Waals surface area contributed by atoms with E-state index in [-0.39, 0.29) is 53.3 Å². The number of ether oxygens (including phenoxy) is 1. The topological polar surface area (TPSA) is 288 Å². The van der Waals surface area contributed by atoms with Crippen molar-refractivity contribution < 1.29 is 29.3 Å². The predicted molar refractivity (Wildman–Crippen MR) is 277 cm³/mol. The molecule has 3 aliphatic heterocycles. The first kappa shape index (κ1) is 57.0. The number of aromatic nitrogens is 4. The maximum atomic E-state index is 12.9. The number of aliphatic hydroxyl groups is 2. The van der Waals surface area contributed by atoms with Crippen LogP contribution in [0.1, 0.15) is 108 Å². The zero-order chi connectivity index (χ0) is 52.0. The second-order valence-electron chi connectivity index (χ2n) is 16.4. The van der Waals surface area contributed by atoms with Crippen molar-refractivity contribution in [3.63, 3.8) is 0 Å². The Balaban J connectivity index is 0.000000289. The number of aliphatic hydroxyl groups excluding tert-OH is 2. The van der Waals surface area contributed by atoms with Crippen molar-refractivity contribution in [1.29, 1.82) is 21.6 Å². The Kier molecular flexibility index (Phi) is 23.2. The van der Waals surface area contributed by atoms with Crippen molar-refractivity contribution in [2.24, 2.45) is 0 Å². The van der Waals surface area contributed by atoms with E-state index in [0.717, 1.165) is 69.1 Å². The fourth-order valence-corrected chi connectivity index (χ4v) is 8.65. The van der Waals surface area contributed by atoms with E-state index in [1.165, 1.54) is 28.2 Å². The fourth-order valence-electron chi connectivity index (χ4n) is 7.53. The molecule has 382 valence electrons. The SMILES string of the molecule is CC.CC(C)N(C=N)C(=N)c1cccc(NC(=O)c2cc3c(cn2)CCN(SN2CCCC2)C3)n1.CO.COCCC(=O)N1CCc2cnc(C(=O)Nc3cccc(C(=N)N(C=N)C(C)CO)n3)cc2C1. The van der Waals surface area contributed by atoms with E-state index in [1.54, 1.807) is 67.6 Å². The summed E-state index contributed by atoms with van der Waals surface area (Å²) < 4.78 is 9.75. The molecule has 0 aromatic carbocycles. The van der Waals surface area contributed by atoms with Crippen molar-refractivity contribution in [3.05, 3.63) is 106 Å². The Morgan fingerprint density at radius 3 is 1.75 bits per heavy atom. The number of hydrogen-bond acceptors (Lipinski definition) is 17. The standard InChI is InChI=1S/C23H30N8OS.C23H29N7O4.C2H6.CH4O/c1-16(2)31(15-24)22(25)19-6-5-7-21(27-19)28-23(32)20-12-18-14-30(11-8-17(18)13-26-20)33-29-9-3-4-10-29;1-15(13-31)30(14-24)22(25)18-4-3-5-20(27-18)28-23(33)19-10-17-12-29(21(32)7-9-34-2)8-6-16(17)11-26-19;2*1-2/h5-7,12-13,15-16,24-25H,3-4,8-11,14H2,1-2H3,(H,27,28,32);3-5,10-11,14-15,24-25,31H,6-9,12-13H2,1-2H3,(H,27,28,33);1-2H3;2H,1H3. The summed E-state index contributed by atoms with van der Waals surface area (Å²) in [5, 5.41) is 53.5. The molecule has 1 unspecified atom stereocenters. The Morgan fingerprint density at radius 2 is 1.25 bits per heavy atom. The lowest BCUT2D eigenvalue weighted by molar-refractivity contribution is -0.133. The summed E-state index contributed by atoms with van der Waals surface area (Å²) >= 11 is 1.81. The van der Waals surface area contributed by atoms with E-state index in [0.29, 0.717) is 49.7 Å². The molecule has 1 saturated heterocycles. The fraction of sp³-hybridized carbons (Fsp3) is 0.449. The number of hydrogen-bond donors (Lipinski definition) is 8. The summed E-state index contributed by atoms with van der Waals surface area (Å²) in [6.07, 6.45) is 9.98. The van der Waals surface area contributed by atoms with Gasteiger partial charge in [-0.05, 0) is 105 Å². The number of carbonyl (C=O) groups is 3. The quantitative estimate of drug-likeness (QED) is 0.0402. The highest BCUT2D eigenvalue weighted by Gasteiger charge is 2.25. The van der Waals surface area contributed by atoms with E-state index in [9.17, 15) is 19.5 Å². The highest BCUT2D eigenvalue weighted by atomic mass is 32.2. The zero-order valence-electron chi connectivity index (χ0n) is 41.7. The number of nitrogens with zero attached hydrogens (tertiary/aromatic N) is 9. The maximum Gasteiger partial charge on any atom is 0.275 e. The molecule has 4 aromatic rings. The first-order valence-corrected chi connectivity index (χ1v) is 24.3. The number of amides is 3. The molecule has 71 heavy (non-hydrogen) atoms. The van der Waals surface area contributed by atoms with Gasteiger partial charge in [-0.2, -0.15) is 0 Å². The molecule has 8 N–H and O–H groups in total. The number of nitrogens with one attached hydrogen (secondary N) is 6. The molecule has 3 aliphatic rings. The predicted octanol–water partition coefficient (Wildman–Crippen LogP) is 5.29. The monoisotopic (exact) mass is 996 g/mol. The number of rotatable bonds is 16. The van der Waals surface area contributed by atoms with Gasteiger partial charge in [0.05, 0.1) is 38.4 Å². The van der Waals surface area contributed by atoms with E-state index < -0.39 is 11.9 Å². The van der Waals surface area contributed by atoms with Crippen molar-refractivity contribution in [3.8, 4) is 0 Å².